The highest BCUT2D eigenvalue weighted by atomic mass is 19.4. The zero-order valence-corrected chi connectivity index (χ0v) is 9.34. The van der Waals surface area contributed by atoms with Gasteiger partial charge < -0.3 is 4.74 Å². The van der Waals surface area contributed by atoms with E-state index >= 15 is 0 Å². The van der Waals surface area contributed by atoms with Crippen LogP contribution in [0, 0.1) is 0 Å². The molecule has 0 amide bonds. The summed E-state index contributed by atoms with van der Waals surface area (Å²) in [5.74, 6) is -0.262. The Kier molecular flexibility index (Phi) is 3.93. The zero-order chi connectivity index (χ0) is 13.1. The van der Waals surface area contributed by atoms with E-state index in [1.165, 1.54) is 32.1 Å². The Hall–Kier alpha value is -1.78. The van der Waals surface area contributed by atoms with Crippen LogP contribution in [-0.2, 0) is 15.7 Å². The summed E-state index contributed by atoms with van der Waals surface area (Å²) in [6, 6.07) is 4.78. The van der Waals surface area contributed by atoms with Crippen LogP contribution in [0.25, 0.3) is 6.08 Å². The summed E-state index contributed by atoms with van der Waals surface area (Å²) in [7, 11) is 0. The summed E-state index contributed by atoms with van der Waals surface area (Å²) < 4.78 is 41.9. The molecule has 0 atom stereocenters. The maximum absolute atomic E-state index is 12.4. The number of rotatable bonds is 2. The number of alkyl halides is 3. The second-order valence-corrected chi connectivity index (χ2v) is 3.47. The van der Waals surface area contributed by atoms with Gasteiger partial charge in [-0.2, -0.15) is 13.2 Å². The third kappa shape index (κ3) is 4.30. The average Bonchev–Trinajstić information content (AvgIpc) is 2.15. The first-order valence-electron chi connectivity index (χ1n) is 4.83. The smallest absolute Gasteiger partial charge is 0.416 e. The Bertz CT molecular complexity index is 447. The number of hydrogen-bond acceptors (Lipinski definition) is 2. The minimum Gasteiger partial charge on any atom is -0.432 e. The molecule has 0 radical (unpaired) electrons. The molecule has 0 heterocycles. The lowest BCUT2D eigenvalue weighted by Crippen LogP contribution is -2.04. The molecule has 92 valence electrons. The molecule has 5 heteroatoms. The predicted octanol–water partition coefficient (Wildman–Crippen LogP) is 3.63. The van der Waals surface area contributed by atoms with Gasteiger partial charge in [0.1, 0.15) is 5.76 Å². The first-order valence-corrected chi connectivity index (χ1v) is 4.83. The van der Waals surface area contributed by atoms with Crippen LogP contribution in [-0.4, -0.2) is 5.97 Å². The SMILES string of the molecule is CC(=O)O/C(C)=C/c1cccc(C(F)(F)F)c1. The van der Waals surface area contributed by atoms with Crippen LogP contribution in [0.1, 0.15) is 25.0 Å². The summed E-state index contributed by atoms with van der Waals surface area (Å²) in [5.41, 5.74) is -0.402. The summed E-state index contributed by atoms with van der Waals surface area (Å²) in [5, 5.41) is 0. The van der Waals surface area contributed by atoms with Crippen molar-refractivity contribution >= 4 is 12.0 Å². The van der Waals surface area contributed by atoms with E-state index in [1.54, 1.807) is 0 Å². The molecule has 0 aliphatic carbocycles. The van der Waals surface area contributed by atoms with Crippen molar-refractivity contribution in [2.24, 2.45) is 0 Å². The van der Waals surface area contributed by atoms with Crippen molar-refractivity contribution in [3.05, 3.63) is 41.2 Å². The lowest BCUT2D eigenvalue weighted by Gasteiger charge is -2.07. The number of halogens is 3. The summed E-state index contributed by atoms with van der Waals surface area (Å²) >= 11 is 0. The molecule has 1 aromatic rings. The molecule has 0 spiro atoms. The Morgan fingerprint density at radius 3 is 2.47 bits per heavy atom. The number of hydrogen-bond donors (Lipinski definition) is 0. The lowest BCUT2D eigenvalue weighted by atomic mass is 10.1. The molecule has 0 aliphatic heterocycles. The van der Waals surface area contributed by atoms with Gasteiger partial charge in [0.15, 0.2) is 0 Å². The molecular formula is C12H11F3O2. The van der Waals surface area contributed by atoms with Crippen LogP contribution < -0.4 is 0 Å². The van der Waals surface area contributed by atoms with Crippen LogP contribution in [0.15, 0.2) is 30.0 Å². The highest BCUT2D eigenvalue weighted by Gasteiger charge is 2.30. The topological polar surface area (TPSA) is 26.3 Å². The van der Waals surface area contributed by atoms with Crippen LogP contribution in [0.3, 0.4) is 0 Å². The van der Waals surface area contributed by atoms with Gasteiger partial charge in [-0.1, -0.05) is 12.1 Å². The van der Waals surface area contributed by atoms with Gasteiger partial charge in [-0.3, -0.25) is 4.79 Å². The first-order chi connectivity index (χ1) is 7.79. The average molecular weight is 244 g/mol. The molecule has 1 rings (SSSR count). The Morgan fingerprint density at radius 2 is 1.94 bits per heavy atom. The number of allylic oxidation sites excluding steroid dienone is 1. The third-order valence-corrected chi connectivity index (χ3v) is 1.89. The minimum absolute atomic E-state index is 0.247. The fourth-order valence-corrected chi connectivity index (χ4v) is 1.30. The van der Waals surface area contributed by atoms with Crippen LogP contribution in [0.5, 0.6) is 0 Å². The van der Waals surface area contributed by atoms with E-state index in [-0.39, 0.29) is 5.76 Å². The molecular weight excluding hydrogens is 233 g/mol. The third-order valence-electron chi connectivity index (χ3n) is 1.89. The Balaban J connectivity index is 2.97. The molecule has 0 saturated heterocycles. The minimum atomic E-state index is -4.38. The van der Waals surface area contributed by atoms with Gasteiger partial charge in [0, 0.05) is 6.92 Å². The number of esters is 1. The van der Waals surface area contributed by atoms with Crippen molar-refractivity contribution in [1.29, 1.82) is 0 Å². The van der Waals surface area contributed by atoms with Crippen molar-refractivity contribution in [3.63, 3.8) is 0 Å². The quantitative estimate of drug-likeness (QED) is 0.586. The van der Waals surface area contributed by atoms with Crippen molar-refractivity contribution in [3.8, 4) is 0 Å². The van der Waals surface area contributed by atoms with E-state index in [4.69, 9.17) is 4.74 Å². The summed E-state index contributed by atoms with van der Waals surface area (Å²) in [6.07, 6.45) is -3.00. The maximum Gasteiger partial charge on any atom is 0.416 e. The maximum atomic E-state index is 12.4. The second kappa shape index (κ2) is 5.03. The van der Waals surface area contributed by atoms with E-state index in [9.17, 15) is 18.0 Å². The Labute approximate surface area is 96.7 Å². The summed E-state index contributed by atoms with van der Waals surface area (Å²) in [6.45, 7) is 2.73. The Morgan fingerprint density at radius 1 is 1.29 bits per heavy atom. The van der Waals surface area contributed by atoms with Gasteiger partial charge >= 0.3 is 12.1 Å². The van der Waals surface area contributed by atoms with Crippen molar-refractivity contribution < 1.29 is 22.7 Å². The standard InChI is InChI=1S/C12H11F3O2/c1-8(17-9(2)16)6-10-4-3-5-11(7-10)12(13,14)15/h3-7H,1-2H3/b8-6+. The monoisotopic (exact) mass is 244 g/mol. The summed E-state index contributed by atoms with van der Waals surface area (Å²) in [4.78, 5) is 10.6. The molecule has 0 aromatic heterocycles. The molecule has 0 N–H and O–H groups in total. The van der Waals surface area contributed by atoms with Crippen LogP contribution >= 0.6 is 0 Å². The molecule has 2 nitrogen and oxygen atoms in total. The van der Waals surface area contributed by atoms with Crippen molar-refractivity contribution in [1.82, 2.24) is 0 Å². The van der Waals surface area contributed by atoms with E-state index < -0.39 is 17.7 Å². The number of carbonyl (C=O) groups is 1. The normalized spacial score (nSPS) is 12.4. The van der Waals surface area contributed by atoms with Gasteiger partial charge in [0.25, 0.3) is 0 Å². The fourth-order valence-electron chi connectivity index (χ4n) is 1.30. The predicted molar refractivity (Wildman–Crippen MR) is 56.9 cm³/mol. The lowest BCUT2D eigenvalue weighted by molar-refractivity contribution is -0.138. The van der Waals surface area contributed by atoms with Crippen molar-refractivity contribution in [2.75, 3.05) is 0 Å². The highest BCUT2D eigenvalue weighted by molar-refractivity contribution is 5.68. The number of carbonyl (C=O) groups excluding carboxylic acids is 1. The van der Waals surface area contributed by atoms with Gasteiger partial charge in [-0.05, 0) is 30.7 Å². The highest BCUT2D eigenvalue weighted by Crippen LogP contribution is 2.29. The molecule has 0 unspecified atom stereocenters. The molecule has 17 heavy (non-hydrogen) atoms. The molecule has 0 fully saturated rings. The second-order valence-electron chi connectivity index (χ2n) is 3.47. The van der Waals surface area contributed by atoms with Gasteiger partial charge in [-0.15, -0.1) is 0 Å². The fraction of sp³-hybridized carbons (Fsp3) is 0.250. The molecule has 0 bridgehead atoms. The first kappa shape index (κ1) is 13.3. The van der Waals surface area contributed by atoms with E-state index in [0.29, 0.717) is 5.56 Å². The van der Waals surface area contributed by atoms with E-state index in [2.05, 4.69) is 0 Å². The van der Waals surface area contributed by atoms with Crippen LogP contribution in [0.2, 0.25) is 0 Å². The molecule has 0 saturated carbocycles. The van der Waals surface area contributed by atoms with Crippen LogP contribution in [0.4, 0.5) is 13.2 Å². The van der Waals surface area contributed by atoms with E-state index in [0.717, 1.165) is 12.1 Å². The molecule has 0 aliphatic rings. The van der Waals surface area contributed by atoms with Gasteiger partial charge in [0.05, 0.1) is 5.56 Å². The van der Waals surface area contributed by atoms with Crippen molar-refractivity contribution in [2.45, 2.75) is 20.0 Å². The number of ether oxygens (including phenoxy) is 1. The molecule has 1 aromatic carbocycles. The van der Waals surface area contributed by atoms with Gasteiger partial charge in [0.2, 0.25) is 0 Å². The zero-order valence-electron chi connectivity index (χ0n) is 9.34. The van der Waals surface area contributed by atoms with E-state index in [1.807, 2.05) is 0 Å². The largest absolute Gasteiger partial charge is 0.432 e. The number of benzene rings is 1. The van der Waals surface area contributed by atoms with Gasteiger partial charge in [-0.25, -0.2) is 0 Å².